The molecule has 1 N–H and O–H groups in total. The highest BCUT2D eigenvalue weighted by Crippen LogP contribution is 2.36. The van der Waals surface area contributed by atoms with Crippen LogP contribution in [0.3, 0.4) is 0 Å². The summed E-state index contributed by atoms with van der Waals surface area (Å²) in [4.78, 5) is 3.33. The smallest absolute Gasteiger partial charge is 0.480 e. The van der Waals surface area contributed by atoms with E-state index < -0.39 is 46.0 Å². The summed E-state index contributed by atoms with van der Waals surface area (Å²) in [6, 6.07) is 1.13. The van der Waals surface area contributed by atoms with Crippen molar-refractivity contribution in [2.24, 2.45) is 0 Å². The van der Waals surface area contributed by atoms with Crippen molar-refractivity contribution in [3.05, 3.63) is 12.3 Å². The van der Waals surface area contributed by atoms with Gasteiger partial charge in [-0.2, -0.15) is 13.2 Å². The minimum atomic E-state index is -4.70. The molecular weight excluding hydrogens is 376 g/mol. The van der Waals surface area contributed by atoms with E-state index in [9.17, 15) is 21.6 Å². The van der Waals surface area contributed by atoms with Gasteiger partial charge in [-0.05, 0) is 33.8 Å². The average Bonchev–Trinajstić information content (AvgIpc) is 2.72. The average molecular weight is 396 g/mol. The normalized spacial score (nSPS) is 19.6. The van der Waals surface area contributed by atoms with E-state index >= 15 is 0 Å². The van der Waals surface area contributed by atoms with Gasteiger partial charge in [0.2, 0.25) is 15.9 Å². The number of pyridine rings is 1. The number of methoxy groups -OCH3 is 1. The molecule has 0 atom stereocenters. The number of ether oxygens (including phenoxy) is 1. The molecule has 7 nitrogen and oxygen atoms in total. The summed E-state index contributed by atoms with van der Waals surface area (Å²) in [6.07, 6.45) is -3.40. The van der Waals surface area contributed by atoms with Crippen LogP contribution in [-0.2, 0) is 19.3 Å². The molecule has 12 heteroatoms. The van der Waals surface area contributed by atoms with E-state index in [1.165, 1.54) is 18.0 Å². The van der Waals surface area contributed by atoms with E-state index in [-0.39, 0.29) is 11.3 Å². The minimum absolute atomic E-state index is 0.247. The molecule has 1 aliphatic rings. The second-order valence-electron chi connectivity index (χ2n) is 6.80. The highest BCUT2D eigenvalue weighted by molar-refractivity contribution is 7.89. The van der Waals surface area contributed by atoms with Gasteiger partial charge in [0.05, 0.1) is 18.3 Å². The Balaban J connectivity index is 2.38. The Morgan fingerprint density at radius 2 is 1.77 bits per heavy atom. The van der Waals surface area contributed by atoms with Gasteiger partial charge in [0, 0.05) is 11.7 Å². The minimum Gasteiger partial charge on any atom is -0.480 e. The quantitative estimate of drug-likeness (QED) is 0.754. The van der Waals surface area contributed by atoms with Crippen LogP contribution in [0.15, 0.2) is 17.2 Å². The summed E-state index contributed by atoms with van der Waals surface area (Å²) >= 11 is 0. The van der Waals surface area contributed by atoms with E-state index in [2.05, 4.69) is 4.98 Å². The molecule has 0 saturated carbocycles. The van der Waals surface area contributed by atoms with Gasteiger partial charge < -0.3 is 14.0 Å². The summed E-state index contributed by atoms with van der Waals surface area (Å²) in [7, 11) is -4.27. The summed E-state index contributed by atoms with van der Waals surface area (Å²) in [5.41, 5.74) is -1.10. The molecule has 0 radical (unpaired) electrons. The molecule has 0 unspecified atom stereocenters. The molecule has 1 aromatic rings. The van der Waals surface area contributed by atoms with Crippen LogP contribution in [0.25, 0.3) is 0 Å². The van der Waals surface area contributed by atoms with Crippen molar-refractivity contribution in [2.75, 3.05) is 13.7 Å². The zero-order valence-corrected chi connectivity index (χ0v) is 15.8. The fraction of sp³-hybridized carbons (Fsp3) is 0.643. The summed E-state index contributed by atoms with van der Waals surface area (Å²) in [5.74, 6) is -0.333. The van der Waals surface area contributed by atoms with Gasteiger partial charge in [-0.1, -0.05) is 0 Å². The standard InChI is InChI=1S/C14H20BF3N2O5S/c1-12(2)13(3,4)25-15(24-12)9-6-10(11(23-5)19-7-9)26(21,22)20-8-14(16,17)18/h6-7,20H,8H2,1-5H3. The molecule has 1 fully saturated rings. The molecule has 0 aliphatic carbocycles. The fourth-order valence-corrected chi connectivity index (χ4v) is 3.32. The number of aromatic nitrogens is 1. The number of halogens is 3. The van der Waals surface area contributed by atoms with Crippen LogP contribution in [-0.4, -0.2) is 51.6 Å². The second kappa shape index (κ2) is 6.66. The number of hydrogen-bond acceptors (Lipinski definition) is 6. The summed E-state index contributed by atoms with van der Waals surface area (Å²) < 4.78 is 79.6. The number of nitrogens with zero attached hydrogens (tertiary/aromatic N) is 1. The van der Waals surface area contributed by atoms with Gasteiger partial charge in [0.1, 0.15) is 11.4 Å². The second-order valence-corrected chi connectivity index (χ2v) is 8.54. The predicted octanol–water partition coefficient (Wildman–Crippen LogP) is 1.23. The number of rotatable bonds is 5. The Morgan fingerprint density at radius 1 is 1.23 bits per heavy atom. The van der Waals surface area contributed by atoms with E-state index in [1.807, 2.05) is 27.7 Å². The first kappa shape index (κ1) is 20.9. The Kier molecular flexibility index (Phi) is 5.37. The molecule has 1 saturated heterocycles. The highest BCUT2D eigenvalue weighted by Gasteiger charge is 2.52. The van der Waals surface area contributed by atoms with Gasteiger partial charge in [0.25, 0.3) is 0 Å². The third-order valence-corrected chi connectivity index (χ3v) is 5.71. The lowest BCUT2D eigenvalue weighted by Gasteiger charge is -2.32. The van der Waals surface area contributed by atoms with Crippen LogP contribution in [0.4, 0.5) is 13.2 Å². The molecule has 26 heavy (non-hydrogen) atoms. The molecule has 0 amide bonds. The number of nitrogens with one attached hydrogen (secondary N) is 1. The monoisotopic (exact) mass is 396 g/mol. The number of sulfonamides is 1. The molecule has 0 aromatic carbocycles. The van der Waals surface area contributed by atoms with Crippen molar-refractivity contribution in [1.29, 1.82) is 0 Å². The van der Waals surface area contributed by atoms with Crippen LogP contribution >= 0.6 is 0 Å². The van der Waals surface area contributed by atoms with Crippen molar-refractivity contribution in [3.8, 4) is 5.88 Å². The maximum Gasteiger partial charge on any atom is 0.496 e. The summed E-state index contributed by atoms with van der Waals surface area (Å²) in [6.45, 7) is 5.54. The van der Waals surface area contributed by atoms with Gasteiger partial charge in [-0.3, -0.25) is 0 Å². The molecule has 2 rings (SSSR count). The van der Waals surface area contributed by atoms with Crippen LogP contribution in [0.5, 0.6) is 5.88 Å². The van der Waals surface area contributed by atoms with Crippen molar-refractivity contribution < 1.29 is 35.6 Å². The maximum absolute atomic E-state index is 12.4. The van der Waals surface area contributed by atoms with Crippen molar-refractivity contribution in [2.45, 2.75) is 50.0 Å². The van der Waals surface area contributed by atoms with Gasteiger partial charge in [-0.25, -0.2) is 18.1 Å². The van der Waals surface area contributed by atoms with E-state index in [0.29, 0.717) is 0 Å². The molecule has 1 aromatic heterocycles. The number of alkyl halides is 3. The predicted molar refractivity (Wildman–Crippen MR) is 87.7 cm³/mol. The number of hydrogen-bond donors (Lipinski definition) is 1. The van der Waals surface area contributed by atoms with Crippen molar-refractivity contribution in [3.63, 3.8) is 0 Å². The Labute approximate surface area is 150 Å². The Bertz CT molecular complexity index is 767. The zero-order valence-electron chi connectivity index (χ0n) is 15.0. The fourth-order valence-electron chi connectivity index (χ4n) is 2.16. The lowest BCUT2D eigenvalue weighted by Crippen LogP contribution is -2.41. The molecule has 2 heterocycles. The van der Waals surface area contributed by atoms with Crippen LogP contribution in [0.1, 0.15) is 27.7 Å². The van der Waals surface area contributed by atoms with E-state index in [4.69, 9.17) is 14.0 Å². The zero-order chi connectivity index (χ0) is 20.0. The highest BCUT2D eigenvalue weighted by atomic mass is 32.2. The Hall–Kier alpha value is -1.37. The van der Waals surface area contributed by atoms with E-state index in [0.717, 1.165) is 6.07 Å². The first-order chi connectivity index (χ1) is 11.7. The third-order valence-electron chi connectivity index (χ3n) is 4.31. The first-order valence-electron chi connectivity index (χ1n) is 7.64. The molecule has 0 spiro atoms. The van der Waals surface area contributed by atoms with Gasteiger partial charge >= 0.3 is 13.3 Å². The van der Waals surface area contributed by atoms with Crippen molar-refractivity contribution >= 4 is 22.6 Å². The van der Waals surface area contributed by atoms with Gasteiger partial charge in [0.15, 0.2) is 0 Å². The molecule has 1 aliphatic heterocycles. The third kappa shape index (κ3) is 4.30. The van der Waals surface area contributed by atoms with Gasteiger partial charge in [-0.15, -0.1) is 0 Å². The lowest BCUT2D eigenvalue weighted by molar-refractivity contribution is -0.121. The largest absolute Gasteiger partial charge is 0.496 e. The Morgan fingerprint density at radius 3 is 2.23 bits per heavy atom. The maximum atomic E-state index is 12.4. The molecule has 0 bridgehead atoms. The molecular formula is C14H20BF3N2O5S. The molecule has 146 valence electrons. The lowest BCUT2D eigenvalue weighted by atomic mass is 9.80. The first-order valence-corrected chi connectivity index (χ1v) is 9.13. The van der Waals surface area contributed by atoms with Crippen LogP contribution in [0, 0.1) is 0 Å². The van der Waals surface area contributed by atoms with E-state index in [1.54, 1.807) is 0 Å². The van der Waals surface area contributed by atoms with Crippen molar-refractivity contribution in [1.82, 2.24) is 9.71 Å². The van der Waals surface area contributed by atoms with Crippen LogP contribution < -0.4 is 14.9 Å². The SMILES string of the molecule is COc1ncc(B2OC(C)(C)C(C)(C)O2)cc1S(=O)(=O)NCC(F)(F)F. The summed E-state index contributed by atoms with van der Waals surface area (Å²) in [5, 5.41) is 0. The topological polar surface area (TPSA) is 86.8 Å². The van der Waals surface area contributed by atoms with Crippen LogP contribution in [0.2, 0.25) is 0 Å².